The SMILES string of the molecule is CCCCCC(CC)CCC1[C@H](O)C[C@@H]2Cc3c(O)cccc3C[C@H]12. The number of aliphatic hydroxyl groups excluding tert-OH is 1. The van der Waals surface area contributed by atoms with Crippen molar-refractivity contribution < 1.29 is 10.2 Å². The zero-order chi connectivity index (χ0) is 17.8. The summed E-state index contributed by atoms with van der Waals surface area (Å²) in [5, 5.41) is 20.9. The predicted molar refractivity (Wildman–Crippen MR) is 104 cm³/mol. The molecular weight excluding hydrogens is 308 g/mol. The molecule has 1 fully saturated rings. The van der Waals surface area contributed by atoms with Crippen LogP contribution in [0.2, 0.25) is 0 Å². The third kappa shape index (κ3) is 4.22. The molecule has 0 bridgehead atoms. The van der Waals surface area contributed by atoms with Crippen molar-refractivity contribution in [1.29, 1.82) is 0 Å². The van der Waals surface area contributed by atoms with Crippen molar-refractivity contribution in [2.45, 2.75) is 84.2 Å². The van der Waals surface area contributed by atoms with Crippen LogP contribution in [0.15, 0.2) is 18.2 Å². The van der Waals surface area contributed by atoms with Crippen LogP contribution in [0.25, 0.3) is 0 Å². The van der Waals surface area contributed by atoms with Crippen molar-refractivity contribution in [3.05, 3.63) is 29.3 Å². The topological polar surface area (TPSA) is 40.5 Å². The maximum Gasteiger partial charge on any atom is 0.119 e. The van der Waals surface area contributed by atoms with Crippen molar-refractivity contribution in [2.75, 3.05) is 0 Å². The van der Waals surface area contributed by atoms with Gasteiger partial charge in [-0.2, -0.15) is 0 Å². The minimum atomic E-state index is -0.139. The van der Waals surface area contributed by atoms with Gasteiger partial charge in [0.05, 0.1) is 6.10 Å². The molecule has 1 aromatic rings. The van der Waals surface area contributed by atoms with Crippen molar-refractivity contribution in [2.24, 2.45) is 23.7 Å². The van der Waals surface area contributed by atoms with Gasteiger partial charge in [-0.25, -0.2) is 0 Å². The molecule has 0 amide bonds. The highest BCUT2D eigenvalue weighted by molar-refractivity contribution is 5.42. The molecule has 140 valence electrons. The molecule has 0 spiro atoms. The van der Waals surface area contributed by atoms with Crippen LogP contribution in [-0.2, 0) is 12.8 Å². The summed E-state index contributed by atoms with van der Waals surface area (Å²) in [6, 6.07) is 5.95. The highest BCUT2D eigenvalue weighted by Crippen LogP contribution is 2.48. The van der Waals surface area contributed by atoms with Gasteiger partial charge >= 0.3 is 0 Å². The maximum atomic E-state index is 10.7. The van der Waals surface area contributed by atoms with Gasteiger partial charge in [0, 0.05) is 0 Å². The normalized spacial score (nSPS) is 29.2. The van der Waals surface area contributed by atoms with Crippen molar-refractivity contribution in [1.82, 2.24) is 0 Å². The lowest BCUT2D eigenvalue weighted by molar-refractivity contribution is 0.105. The second-order valence-electron chi connectivity index (χ2n) is 8.56. The Balaban J connectivity index is 1.61. The van der Waals surface area contributed by atoms with Crippen LogP contribution in [0.5, 0.6) is 5.75 Å². The van der Waals surface area contributed by atoms with E-state index < -0.39 is 0 Å². The number of fused-ring (bicyclic) bond motifs is 2. The fourth-order valence-corrected chi connectivity index (χ4v) is 5.48. The number of phenolic OH excluding ortho intramolecular Hbond substituents is 1. The molecule has 2 unspecified atom stereocenters. The lowest BCUT2D eigenvalue weighted by Crippen LogP contribution is -2.27. The lowest BCUT2D eigenvalue weighted by atomic mass is 9.73. The number of rotatable bonds is 8. The zero-order valence-corrected chi connectivity index (χ0v) is 16.1. The average molecular weight is 345 g/mol. The monoisotopic (exact) mass is 344 g/mol. The van der Waals surface area contributed by atoms with Gasteiger partial charge in [-0.05, 0) is 66.5 Å². The molecule has 1 saturated carbocycles. The van der Waals surface area contributed by atoms with E-state index in [1.165, 1.54) is 50.5 Å². The number of phenols is 1. The molecule has 2 aliphatic carbocycles. The van der Waals surface area contributed by atoms with Gasteiger partial charge < -0.3 is 10.2 Å². The summed E-state index contributed by atoms with van der Waals surface area (Å²) in [6.07, 6.45) is 11.9. The molecule has 2 heteroatoms. The lowest BCUT2D eigenvalue weighted by Gasteiger charge is -2.32. The quantitative estimate of drug-likeness (QED) is 0.612. The first kappa shape index (κ1) is 18.8. The Bertz CT molecular complexity index is 553. The van der Waals surface area contributed by atoms with E-state index in [9.17, 15) is 10.2 Å². The zero-order valence-electron chi connectivity index (χ0n) is 16.1. The molecule has 0 heterocycles. The van der Waals surface area contributed by atoms with Gasteiger partial charge in [0.2, 0.25) is 0 Å². The first-order chi connectivity index (χ1) is 12.1. The van der Waals surface area contributed by atoms with Gasteiger partial charge in [0.1, 0.15) is 5.75 Å². The number of unbranched alkanes of at least 4 members (excludes halogenated alkanes) is 2. The first-order valence-electron chi connectivity index (χ1n) is 10.6. The first-order valence-corrected chi connectivity index (χ1v) is 10.6. The van der Waals surface area contributed by atoms with E-state index in [0.29, 0.717) is 23.5 Å². The highest BCUT2D eigenvalue weighted by atomic mass is 16.3. The average Bonchev–Trinajstić information content (AvgIpc) is 2.91. The number of aliphatic hydroxyl groups is 1. The Morgan fingerprint density at radius 3 is 2.72 bits per heavy atom. The van der Waals surface area contributed by atoms with Crippen LogP contribution < -0.4 is 0 Å². The second kappa shape index (κ2) is 8.58. The van der Waals surface area contributed by atoms with Crippen molar-refractivity contribution in [3.63, 3.8) is 0 Å². The molecule has 2 N–H and O–H groups in total. The summed E-state index contributed by atoms with van der Waals surface area (Å²) >= 11 is 0. The Labute approximate surface area is 153 Å². The molecule has 3 rings (SSSR count). The number of hydrogen-bond donors (Lipinski definition) is 2. The Kier molecular flexibility index (Phi) is 6.44. The smallest absolute Gasteiger partial charge is 0.119 e. The summed E-state index contributed by atoms with van der Waals surface area (Å²) < 4.78 is 0. The third-order valence-corrected chi connectivity index (χ3v) is 7.07. The summed E-state index contributed by atoms with van der Waals surface area (Å²) in [5.41, 5.74) is 2.46. The molecular formula is C23H36O2. The summed E-state index contributed by atoms with van der Waals surface area (Å²) in [5.74, 6) is 2.91. The van der Waals surface area contributed by atoms with Crippen LogP contribution in [0, 0.1) is 23.7 Å². The highest BCUT2D eigenvalue weighted by Gasteiger charge is 2.44. The molecule has 0 aliphatic heterocycles. The molecule has 2 aliphatic rings. The summed E-state index contributed by atoms with van der Waals surface area (Å²) in [7, 11) is 0. The van der Waals surface area contributed by atoms with E-state index in [4.69, 9.17) is 0 Å². The van der Waals surface area contributed by atoms with E-state index >= 15 is 0 Å². The Morgan fingerprint density at radius 1 is 1.12 bits per heavy atom. The van der Waals surface area contributed by atoms with Crippen LogP contribution in [-0.4, -0.2) is 16.3 Å². The fourth-order valence-electron chi connectivity index (χ4n) is 5.48. The summed E-state index contributed by atoms with van der Waals surface area (Å²) in [4.78, 5) is 0. The molecule has 1 aromatic carbocycles. The van der Waals surface area contributed by atoms with Gasteiger partial charge in [0.15, 0.2) is 0 Å². The third-order valence-electron chi connectivity index (χ3n) is 7.07. The number of aromatic hydroxyl groups is 1. The summed E-state index contributed by atoms with van der Waals surface area (Å²) in [6.45, 7) is 4.60. The van der Waals surface area contributed by atoms with E-state index in [1.807, 2.05) is 12.1 Å². The maximum absolute atomic E-state index is 10.7. The standard InChI is InChI=1S/C23H36O2/c1-3-5-6-8-16(4-2)11-12-19-20-13-17-9-7-10-22(24)21(17)14-18(20)15-23(19)25/h7,9-10,16,18-20,23-25H,3-6,8,11-15H2,1-2H3/t16?,18-,19?,20-,23+/m0/s1. The molecule has 2 nitrogen and oxygen atoms in total. The molecule has 0 saturated heterocycles. The van der Waals surface area contributed by atoms with E-state index in [1.54, 1.807) is 0 Å². The molecule has 25 heavy (non-hydrogen) atoms. The number of hydrogen-bond acceptors (Lipinski definition) is 2. The van der Waals surface area contributed by atoms with Crippen LogP contribution in [0.4, 0.5) is 0 Å². The van der Waals surface area contributed by atoms with E-state index in [-0.39, 0.29) is 6.10 Å². The van der Waals surface area contributed by atoms with Gasteiger partial charge in [0.25, 0.3) is 0 Å². The van der Waals surface area contributed by atoms with Gasteiger partial charge in [-0.1, -0.05) is 64.5 Å². The Morgan fingerprint density at radius 2 is 1.96 bits per heavy atom. The van der Waals surface area contributed by atoms with E-state index in [2.05, 4.69) is 19.9 Å². The largest absolute Gasteiger partial charge is 0.508 e. The van der Waals surface area contributed by atoms with Crippen molar-refractivity contribution in [3.8, 4) is 5.75 Å². The van der Waals surface area contributed by atoms with Crippen molar-refractivity contribution >= 4 is 0 Å². The van der Waals surface area contributed by atoms with Crippen LogP contribution in [0.3, 0.4) is 0 Å². The fraction of sp³-hybridized carbons (Fsp3) is 0.739. The molecule has 5 atom stereocenters. The minimum absolute atomic E-state index is 0.139. The van der Waals surface area contributed by atoms with E-state index in [0.717, 1.165) is 30.7 Å². The van der Waals surface area contributed by atoms with Gasteiger partial charge in [-0.15, -0.1) is 0 Å². The van der Waals surface area contributed by atoms with Gasteiger partial charge in [-0.3, -0.25) is 0 Å². The van der Waals surface area contributed by atoms with Crippen LogP contribution in [0.1, 0.15) is 76.3 Å². The minimum Gasteiger partial charge on any atom is -0.508 e. The molecule has 0 radical (unpaired) electrons. The number of benzene rings is 1. The second-order valence-corrected chi connectivity index (χ2v) is 8.56. The Hall–Kier alpha value is -1.02. The predicted octanol–water partition coefficient (Wildman–Crippen LogP) is 5.49. The molecule has 0 aromatic heterocycles. The van der Waals surface area contributed by atoms with Crippen LogP contribution >= 0.6 is 0 Å².